The molecule has 0 aliphatic carbocycles. The first-order valence-corrected chi connectivity index (χ1v) is 9.57. The predicted molar refractivity (Wildman–Crippen MR) is 106 cm³/mol. The van der Waals surface area contributed by atoms with Gasteiger partial charge in [-0.05, 0) is 53.6 Å². The minimum absolute atomic E-state index is 0.0201. The third-order valence-electron chi connectivity index (χ3n) is 4.42. The lowest BCUT2D eigenvalue weighted by Gasteiger charge is -2.16. The van der Waals surface area contributed by atoms with Gasteiger partial charge >= 0.3 is 5.97 Å². The molecule has 7 nitrogen and oxygen atoms in total. The average Bonchev–Trinajstić information content (AvgIpc) is 3.04. The molecule has 1 fully saturated rings. The molecular weight excluding hydrogens is 437 g/mol. The Hall–Kier alpha value is -3.31. The number of nitrogens with one attached hydrogen (secondary N) is 1. The van der Waals surface area contributed by atoms with Crippen molar-refractivity contribution in [3.05, 3.63) is 63.3 Å². The molecule has 2 amide bonds. The first-order chi connectivity index (χ1) is 14.6. The van der Waals surface area contributed by atoms with Crippen LogP contribution in [-0.4, -0.2) is 28.3 Å². The fraction of sp³-hybridized carbons (Fsp3) is 0.150. The first-order valence-electron chi connectivity index (χ1n) is 8.75. The second kappa shape index (κ2) is 8.82. The van der Waals surface area contributed by atoms with E-state index in [-0.39, 0.29) is 16.2 Å². The summed E-state index contributed by atoms with van der Waals surface area (Å²) in [6, 6.07) is 4.09. The molecule has 4 N–H and O–H groups in total. The second-order valence-corrected chi connectivity index (χ2v) is 7.56. The highest BCUT2D eigenvalue weighted by Crippen LogP contribution is 2.34. The van der Waals surface area contributed by atoms with Crippen molar-refractivity contribution in [3.8, 4) is 11.5 Å². The number of carbonyl (C=O) groups is 3. The van der Waals surface area contributed by atoms with Gasteiger partial charge in [0.05, 0.1) is 4.91 Å². The average molecular weight is 452 g/mol. The number of halogens is 3. The zero-order chi connectivity index (χ0) is 22.9. The highest BCUT2D eigenvalue weighted by molar-refractivity contribution is 8.18. The maximum absolute atomic E-state index is 14.7. The van der Waals surface area contributed by atoms with Crippen LogP contribution in [0.25, 0.3) is 6.08 Å². The molecule has 1 unspecified atom stereocenters. The van der Waals surface area contributed by atoms with E-state index >= 15 is 0 Å². The zero-order valence-electron chi connectivity index (χ0n) is 15.9. The van der Waals surface area contributed by atoms with E-state index in [9.17, 15) is 27.6 Å². The van der Waals surface area contributed by atoms with E-state index in [1.807, 2.05) is 0 Å². The number of carboxylic acid groups (broad SMARTS) is 1. The highest BCUT2D eigenvalue weighted by Gasteiger charge is 2.27. The lowest BCUT2D eigenvalue weighted by molar-refractivity contribution is -0.138. The number of benzene rings is 2. The van der Waals surface area contributed by atoms with Gasteiger partial charge < -0.3 is 15.6 Å². The Kier molecular flexibility index (Phi) is 6.37. The van der Waals surface area contributed by atoms with Crippen molar-refractivity contribution in [1.29, 1.82) is 0 Å². The molecule has 0 bridgehead atoms. The van der Waals surface area contributed by atoms with Gasteiger partial charge in [-0.25, -0.2) is 8.78 Å². The van der Waals surface area contributed by atoms with Crippen LogP contribution in [0.15, 0.2) is 29.2 Å². The number of carbonyl (C=O) groups excluding carboxylic acids is 2. The molecule has 0 saturated carbocycles. The van der Waals surface area contributed by atoms with Gasteiger partial charge in [-0.1, -0.05) is 12.1 Å². The molecule has 162 valence electrons. The molecule has 2 aromatic carbocycles. The number of carboxylic acids is 1. The van der Waals surface area contributed by atoms with Crippen LogP contribution >= 0.6 is 11.8 Å². The van der Waals surface area contributed by atoms with Gasteiger partial charge in [0.1, 0.15) is 11.8 Å². The molecule has 0 spiro atoms. The smallest absolute Gasteiger partial charge is 0.320 e. The van der Waals surface area contributed by atoms with Crippen molar-refractivity contribution in [2.24, 2.45) is 5.73 Å². The number of imide groups is 1. The Morgan fingerprint density at radius 1 is 1.19 bits per heavy atom. The fourth-order valence-electron chi connectivity index (χ4n) is 2.76. The summed E-state index contributed by atoms with van der Waals surface area (Å²) in [6.45, 7) is 1.16. The van der Waals surface area contributed by atoms with E-state index in [1.54, 1.807) is 0 Å². The zero-order valence-corrected chi connectivity index (χ0v) is 16.7. The minimum atomic E-state index is -1.61. The molecule has 11 heteroatoms. The van der Waals surface area contributed by atoms with Crippen LogP contribution in [0.2, 0.25) is 0 Å². The quantitative estimate of drug-likeness (QED) is 0.454. The molecule has 31 heavy (non-hydrogen) atoms. The molecule has 0 aromatic heterocycles. The number of amides is 2. The van der Waals surface area contributed by atoms with Crippen molar-refractivity contribution in [3.63, 3.8) is 0 Å². The standard InChI is InChI=1S/C20H15F3N2O5S/c1-8-11(7-12(24)19(27)28)15(22)16(23)17(14(8)21)30-10-4-2-9(3-5-10)6-13-18(26)25-20(29)31-13/h2-6,12H,7,24H2,1H3,(H,27,28)(H,25,26,29). The van der Waals surface area contributed by atoms with Crippen LogP contribution in [0.1, 0.15) is 16.7 Å². The second-order valence-electron chi connectivity index (χ2n) is 6.55. The number of aliphatic carboxylic acids is 1. The van der Waals surface area contributed by atoms with Crippen LogP contribution in [0.4, 0.5) is 18.0 Å². The van der Waals surface area contributed by atoms with Crippen molar-refractivity contribution < 1.29 is 37.4 Å². The van der Waals surface area contributed by atoms with Crippen LogP contribution in [0, 0.1) is 24.4 Å². The van der Waals surface area contributed by atoms with E-state index < -0.39 is 58.3 Å². The summed E-state index contributed by atoms with van der Waals surface area (Å²) in [4.78, 5) is 33.8. The van der Waals surface area contributed by atoms with Crippen molar-refractivity contribution in [1.82, 2.24) is 5.32 Å². The van der Waals surface area contributed by atoms with Crippen molar-refractivity contribution in [2.45, 2.75) is 19.4 Å². The molecule has 3 rings (SSSR count). The van der Waals surface area contributed by atoms with E-state index in [2.05, 4.69) is 5.32 Å². The fourth-order valence-corrected chi connectivity index (χ4v) is 3.44. The summed E-state index contributed by atoms with van der Waals surface area (Å²) < 4.78 is 48.7. The van der Waals surface area contributed by atoms with Crippen molar-refractivity contribution in [2.75, 3.05) is 0 Å². The number of ether oxygens (including phenoxy) is 1. The number of thioether (sulfide) groups is 1. The molecule has 2 aromatic rings. The summed E-state index contributed by atoms with van der Waals surface area (Å²) in [5.74, 6) is -7.21. The van der Waals surface area contributed by atoms with Crippen LogP contribution in [0.5, 0.6) is 11.5 Å². The monoisotopic (exact) mass is 452 g/mol. The maximum atomic E-state index is 14.7. The van der Waals surface area contributed by atoms with E-state index in [0.717, 1.165) is 18.7 Å². The maximum Gasteiger partial charge on any atom is 0.320 e. The number of nitrogens with two attached hydrogens (primary N) is 1. The molecule has 1 heterocycles. The van der Waals surface area contributed by atoms with Gasteiger partial charge in [-0.2, -0.15) is 4.39 Å². The SMILES string of the molecule is Cc1c(F)c(Oc2ccc(C=C3SC(=O)NC3=O)cc2)c(F)c(F)c1CC(N)C(=O)O. The number of rotatable bonds is 6. The minimum Gasteiger partial charge on any atom is -0.480 e. The highest BCUT2D eigenvalue weighted by atomic mass is 32.2. The van der Waals surface area contributed by atoms with Crippen molar-refractivity contribution >= 4 is 35.0 Å². The van der Waals surface area contributed by atoms with Gasteiger partial charge in [0.2, 0.25) is 11.6 Å². The third kappa shape index (κ3) is 4.72. The van der Waals surface area contributed by atoms with Gasteiger partial charge in [0, 0.05) is 6.42 Å². The van der Waals surface area contributed by atoms with Gasteiger partial charge in [0.15, 0.2) is 11.6 Å². The summed E-state index contributed by atoms with van der Waals surface area (Å²) >= 11 is 0.733. The molecule has 1 aliphatic rings. The normalized spacial score (nSPS) is 15.8. The molecule has 0 radical (unpaired) electrons. The van der Waals surface area contributed by atoms with E-state index in [0.29, 0.717) is 5.56 Å². The summed E-state index contributed by atoms with van der Waals surface area (Å²) in [6.07, 6.45) is 0.846. The largest absolute Gasteiger partial charge is 0.480 e. The molecular formula is C20H15F3N2O5S. The molecule has 1 saturated heterocycles. The number of hydrogen-bond acceptors (Lipinski definition) is 6. The first kappa shape index (κ1) is 22.4. The lowest BCUT2D eigenvalue weighted by Crippen LogP contribution is -2.33. The van der Waals surface area contributed by atoms with Gasteiger partial charge in [0.25, 0.3) is 11.1 Å². The van der Waals surface area contributed by atoms with E-state index in [4.69, 9.17) is 15.6 Å². The Morgan fingerprint density at radius 2 is 1.84 bits per heavy atom. The Balaban J connectivity index is 1.86. The Bertz CT molecular complexity index is 1090. The number of hydrogen-bond donors (Lipinski definition) is 3. The molecule has 1 atom stereocenters. The van der Waals surface area contributed by atoms with E-state index in [1.165, 1.54) is 30.3 Å². The Morgan fingerprint density at radius 3 is 2.39 bits per heavy atom. The predicted octanol–water partition coefficient (Wildman–Crippen LogP) is 3.48. The van der Waals surface area contributed by atoms with Gasteiger partial charge in [-0.3, -0.25) is 19.7 Å². The lowest BCUT2D eigenvalue weighted by atomic mass is 9.99. The van der Waals surface area contributed by atoms with Crippen LogP contribution in [0.3, 0.4) is 0 Å². The topological polar surface area (TPSA) is 119 Å². The summed E-state index contributed by atoms with van der Waals surface area (Å²) in [5, 5.41) is 10.5. The summed E-state index contributed by atoms with van der Waals surface area (Å²) in [7, 11) is 0. The Labute approximate surface area is 178 Å². The van der Waals surface area contributed by atoms with Crippen LogP contribution in [-0.2, 0) is 16.0 Å². The third-order valence-corrected chi connectivity index (χ3v) is 5.23. The molecule has 1 aliphatic heterocycles. The van der Waals surface area contributed by atoms with Gasteiger partial charge in [-0.15, -0.1) is 0 Å². The summed E-state index contributed by atoms with van der Waals surface area (Å²) in [5.41, 5.74) is 5.06. The van der Waals surface area contributed by atoms with Crippen LogP contribution < -0.4 is 15.8 Å².